The Kier molecular flexibility index (Phi) is 4.37. The van der Waals surface area contributed by atoms with Gasteiger partial charge in [0.1, 0.15) is 11.5 Å². The third kappa shape index (κ3) is 3.17. The maximum absolute atomic E-state index is 13.4. The number of hydrogen-bond acceptors (Lipinski definition) is 2. The summed E-state index contributed by atoms with van der Waals surface area (Å²) in [6.07, 6.45) is 3.77. The van der Waals surface area contributed by atoms with Crippen LogP contribution in [0, 0.1) is 12.7 Å². The first kappa shape index (κ1) is 16.6. The minimum absolute atomic E-state index is 0.218. The molecule has 4 nitrogen and oxygen atoms in total. The lowest BCUT2D eigenvalue weighted by Gasteiger charge is -2.28. The van der Waals surface area contributed by atoms with Gasteiger partial charge in [0, 0.05) is 35.4 Å². The van der Waals surface area contributed by atoms with Gasteiger partial charge in [-0.3, -0.25) is 4.79 Å². The first-order chi connectivity index (χ1) is 12.6. The zero-order valence-corrected chi connectivity index (χ0v) is 14.8. The van der Waals surface area contributed by atoms with E-state index < -0.39 is 0 Å². The van der Waals surface area contributed by atoms with Gasteiger partial charge in [-0.1, -0.05) is 0 Å². The van der Waals surface area contributed by atoms with Crippen LogP contribution in [0.3, 0.4) is 0 Å². The molecule has 0 unspecified atom stereocenters. The van der Waals surface area contributed by atoms with E-state index in [1.54, 1.807) is 6.07 Å². The Morgan fingerprint density at radius 3 is 2.54 bits per heavy atom. The van der Waals surface area contributed by atoms with Gasteiger partial charge in [-0.25, -0.2) is 4.39 Å². The van der Waals surface area contributed by atoms with Gasteiger partial charge in [0.2, 0.25) is 0 Å². The fraction of sp³-hybridized carbons (Fsp3) is 0.286. The molecule has 0 saturated carbocycles. The van der Waals surface area contributed by atoms with E-state index in [-0.39, 0.29) is 11.7 Å². The second-order valence-electron chi connectivity index (χ2n) is 6.86. The number of fused-ring (bicyclic) bond motifs is 1. The number of nitrogens with zero attached hydrogens (tertiary/aromatic N) is 1. The lowest BCUT2D eigenvalue weighted by molar-refractivity contribution is 0.102. The van der Waals surface area contributed by atoms with Crippen molar-refractivity contribution in [2.75, 3.05) is 23.3 Å². The number of halogens is 1. The van der Waals surface area contributed by atoms with Gasteiger partial charge in [0.25, 0.3) is 5.91 Å². The second-order valence-corrected chi connectivity index (χ2v) is 6.86. The second kappa shape index (κ2) is 6.83. The minimum atomic E-state index is -0.306. The predicted octanol–water partition coefficient (Wildman–Crippen LogP) is 4.86. The Balaban J connectivity index is 1.52. The molecule has 4 rings (SSSR count). The largest absolute Gasteiger partial charge is 0.372 e. The van der Waals surface area contributed by atoms with Crippen LogP contribution in [-0.2, 0) is 0 Å². The Morgan fingerprint density at radius 1 is 1.08 bits per heavy atom. The lowest BCUT2D eigenvalue weighted by Crippen LogP contribution is -2.29. The number of aromatic nitrogens is 1. The highest BCUT2D eigenvalue weighted by molar-refractivity contribution is 6.07. The molecule has 1 aliphatic rings. The molecule has 1 amide bonds. The number of H-pyrrole nitrogens is 1. The van der Waals surface area contributed by atoms with Crippen molar-refractivity contribution >= 4 is 28.2 Å². The van der Waals surface area contributed by atoms with Crippen molar-refractivity contribution in [3.05, 3.63) is 59.5 Å². The Hall–Kier alpha value is -2.82. The summed E-state index contributed by atoms with van der Waals surface area (Å²) in [6, 6.07) is 12.5. The van der Waals surface area contributed by atoms with Crippen LogP contribution >= 0.6 is 0 Å². The van der Waals surface area contributed by atoms with Crippen LogP contribution < -0.4 is 10.2 Å². The number of benzene rings is 2. The highest BCUT2D eigenvalue weighted by Gasteiger charge is 2.16. The molecule has 0 aliphatic carbocycles. The standard InChI is InChI=1S/C21H22FN3O/c1-14-18-13-15(22)5-10-19(18)24-20(14)21(26)23-16-6-8-17(9-7-16)25-11-3-2-4-12-25/h5-10,13,24H,2-4,11-12H2,1H3,(H,23,26). The lowest BCUT2D eigenvalue weighted by atomic mass is 10.1. The monoisotopic (exact) mass is 351 g/mol. The summed E-state index contributed by atoms with van der Waals surface area (Å²) < 4.78 is 13.4. The third-order valence-corrected chi connectivity index (χ3v) is 5.09. The van der Waals surface area contributed by atoms with E-state index >= 15 is 0 Å². The zero-order chi connectivity index (χ0) is 18.1. The minimum Gasteiger partial charge on any atom is -0.372 e. The van der Waals surface area contributed by atoms with Crippen molar-refractivity contribution in [2.45, 2.75) is 26.2 Å². The quantitative estimate of drug-likeness (QED) is 0.708. The van der Waals surface area contributed by atoms with Crippen LogP contribution in [0.2, 0.25) is 0 Å². The summed E-state index contributed by atoms with van der Waals surface area (Å²) in [6.45, 7) is 4.01. The summed E-state index contributed by atoms with van der Waals surface area (Å²) in [7, 11) is 0. The third-order valence-electron chi connectivity index (χ3n) is 5.09. The summed E-state index contributed by atoms with van der Waals surface area (Å²) in [5.74, 6) is -0.523. The van der Waals surface area contributed by atoms with E-state index in [1.165, 1.54) is 37.1 Å². The first-order valence-electron chi connectivity index (χ1n) is 9.06. The molecule has 1 fully saturated rings. The molecule has 5 heteroatoms. The van der Waals surface area contributed by atoms with Crippen LogP contribution in [0.5, 0.6) is 0 Å². The number of carbonyl (C=O) groups is 1. The molecule has 1 saturated heterocycles. The van der Waals surface area contributed by atoms with Crippen LogP contribution in [0.25, 0.3) is 10.9 Å². The summed E-state index contributed by atoms with van der Waals surface area (Å²) in [5, 5.41) is 3.65. The number of aromatic amines is 1. The molecule has 0 spiro atoms. The van der Waals surface area contributed by atoms with E-state index in [2.05, 4.69) is 15.2 Å². The van der Waals surface area contributed by atoms with Crippen molar-refractivity contribution in [1.29, 1.82) is 0 Å². The molecule has 0 radical (unpaired) electrons. The highest BCUT2D eigenvalue weighted by atomic mass is 19.1. The molecule has 0 bridgehead atoms. The number of nitrogens with one attached hydrogen (secondary N) is 2. The van der Waals surface area contributed by atoms with Crippen molar-refractivity contribution in [1.82, 2.24) is 4.98 Å². The summed E-state index contributed by atoms with van der Waals surface area (Å²) in [4.78, 5) is 18.1. The molecule has 26 heavy (non-hydrogen) atoms. The van der Waals surface area contributed by atoms with Gasteiger partial charge in [-0.05, 0) is 74.2 Å². The Labute approximate surface area is 152 Å². The Bertz CT molecular complexity index is 940. The molecule has 1 aromatic heterocycles. The van der Waals surface area contributed by atoms with E-state index in [1.807, 2.05) is 31.2 Å². The van der Waals surface area contributed by atoms with E-state index in [9.17, 15) is 9.18 Å². The molecule has 2 N–H and O–H groups in total. The maximum Gasteiger partial charge on any atom is 0.272 e. The molecule has 134 valence electrons. The number of amides is 1. The summed E-state index contributed by atoms with van der Waals surface area (Å²) in [5.41, 5.74) is 3.92. The number of hydrogen-bond donors (Lipinski definition) is 2. The first-order valence-corrected chi connectivity index (χ1v) is 9.06. The number of carbonyl (C=O) groups excluding carboxylic acids is 1. The van der Waals surface area contributed by atoms with Gasteiger partial charge in [-0.2, -0.15) is 0 Å². The molecular formula is C21H22FN3O. The zero-order valence-electron chi connectivity index (χ0n) is 14.8. The highest BCUT2D eigenvalue weighted by Crippen LogP contribution is 2.25. The number of piperidine rings is 1. The number of rotatable bonds is 3. The number of aryl methyl sites for hydroxylation is 1. The van der Waals surface area contributed by atoms with Crippen molar-refractivity contribution in [3.63, 3.8) is 0 Å². The van der Waals surface area contributed by atoms with Crippen LogP contribution in [0.15, 0.2) is 42.5 Å². The topological polar surface area (TPSA) is 48.1 Å². The fourth-order valence-corrected chi connectivity index (χ4v) is 3.63. The van der Waals surface area contributed by atoms with Crippen LogP contribution in [-0.4, -0.2) is 24.0 Å². The molecule has 2 aromatic carbocycles. The van der Waals surface area contributed by atoms with Gasteiger partial charge in [0.15, 0.2) is 0 Å². The van der Waals surface area contributed by atoms with Gasteiger partial charge >= 0.3 is 0 Å². The molecule has 3 aromatic rings. The van der Waals surface area contributed by atoms with Crippen LogP contribution in [0.4, 0.5) is 15.8 Å². The average molecular weight is 351 g/mol. The normalized spacial score (nSPS) is 14.6. The maximum atomic E-state index is 13.4. The van der Waals surface area contributed by atoms with Crippen molar-refractivity contribution in [3.8, 4) is 0 Å². The van der Waals surface area contributed by atoms with E-state index in [0.29, 0.717) is 5.69 Å². The van der Waals surface area contributed by atoms with Crippen molar-refractivity contribution < 1.29 is 9.18 Å². The Morgan fingerprint density at radius 2 is 1.81 bits per heavy atom. The van der Waals surface area contributed by atoms with Gasteiger partial charge in [0.05, 0.1) is 0 Å². The molecule has 1 aliphatic heterocycles. The SMILES string of the molecule is Cc1c(C(=O)Nc2ccc(N3CCCCC3)cc2)[nH]c2ccc(F)cc12. The van der Waals surface area contributed by atoms with Gasteiger partial charge < -0.3 is 15.2 Å². The smallest absolute Gasteiger partial charge is 0.272 e. The average Bonchev–Trinajstić information content (AvgIpc) is 2.99. The van der Waals surface area contributed by atoms with E-state index in [0.717, 1.165) is 35.2 Å². The van der Waals surface area contributed by atoms with E-state index in [4.69, 9.17) is 0 Å². The predicted molar refractivity (Wildman–Crippen MR) is 103 cm³/mol. The number of anilines is 2. The molecular weight excluding hydrogens is 329 g/mol. The van der Waals surface area contributed by atoms with Crippen molar-refractivity contribution in [2.24, 2.45) is 0 Å². The summed E-state index contributed by atoms with van der Waals surface area (Å²) >= 11 is 0. The molecule has 0 atom stereocenters. The van der Waals surface area contributed by atoms with Gasteiger partial charge in [-0.15, -0.1) is 0 Å². The molecule has 2 heterocycles. The fourth-order valence-electron chi connectivity index (χ4n) is 3.63. The van der Waals surface area contributed by atoms with Crippen LogP contribution in [0.1, 0.15) is 35.3 Å².